The van der Waals surface area contributed by atoms with Crippen molar-refractivity contribution < 1.29 is 13.2 Å². The van der Waals surface area contributed by atoms with Gasteiger partial charge in [0, 0.05) is 17.1 Å². The minimum absolute atomic E-state index is 0.0931. The smallest absolute Gasteiger partial charge is 0.263 e. The molecule has 24 heavy (non-hydrogen) atoms. The molecule has 0 radical (unpaired) electrons. The molecular weight excluding hydrogens is 371 g/mol. The van der Waals surface area contributed by atoms with Crippen LogP contribution in [0, 0.1) is 6.92 Å². The van der Waals surface area contributed by atoms with Gasteiger partial charge in [0.05, 0.1) is 10.7 Å². The number of carbonyl (C=O) groups is 1. The summed E-state index contributed by atoms with van der Waals surface area (Å²) in [7, 11) is -3.93. The van der Waals surface area contributed by atoms with E-state index in [1.807, 2.05) is 0 Å². The predicted molar refractivity (Wildman–Crippen MR) is 95.4 cm³/mol. The Labute approximate surface area is 150 Å². The van der Waals surface area contributed by atoms with Crippen LogP contribution in [-0.4, -0.2) is 14.3 Å². The number of anilines is 2. The summed E-state index contributed by atoms with van der Waals surface area (Å²) in [5.41, 5.74) is 2.39. The van der Waals surface area contributed by atoms with Gasteiger partial charge < -0.3 is 5.32 Å². The van der Waals surface area contributed by atoms with E-state index >= 15 is 0 Å². The zero-order valence-electron chi connectivity index (χ0n) is 12.7. The molecule has 0 bridgehead atoms. The zero-order valence-corrected chi connectivity index (χ0v) is 15.0. The Morgan fingerprint density at radius 1 is 1.12 bits per heavy atom. The normalized spacial score (nSPS) is 14.0. The number of sulfonamides is 1. The minimum Gasteiger partial charge on any atom is -0.326 e. The molecule has 2 N–H and O–H groups in total. The van der Waals surface area contributed by atoms with Gasteiger partial charge in [-0.05, 0) is 48.7 Å². The molecule has 1 amide bonds. The van der Waals surface area contributed by atoms with Gasteiger partial charge in [0.25, 0.3) is 10.0 Å². The lowest BCUT2D eigenvalue weighted by atomic mass is 10.0. The Balaban J connectivity index is 2.02. The number of amides is 1. The molecule has 0 spiro atoms. The molecule has 1 heterocycles. The van der Waals surface area contributed by atoms with E-state index in [-0.39, 0.29) is 15.8 Å². The molecule has 1 aliphatic rings. The summed E-state index contributed by atoms with van der Waals surface area (Å²) in [6.45, 7) is 1.77. The van der Waals surface area contributed by atoms with Crippen LogP contribution in [0.4, 0.5) is 11.4 Å². The van der Waals surface area contributed by atoms with E-state index in [1.54, 1.807) is 25.1 Å². The first-order valence-electron chi connectivity index (χ1n) is 7.17. The topological polar surface area (TPSA) is 75.3 Å². The summed E-state index contributed by atoms with van der Waals surface area (Å²) in [4.78, 5) is 11.4. The van der Waals surface area contributed by atoms with Crippen molar-refractivity contribution in [3.63, 3.8) is 0 Å². The van der Waals surface area contributed by atoms with E-state index in [9.17, 15) is 13.2 Å². The van der Waals surface area contributed by atoms with Gasteiger partial charge in [0.2, 0.25) is 5.91 Å². The van der Waals surface area contributed by atoms with Crippen molar-refractivity contribution in [1.82, 2.24) is 0 Å². The van der Waals surface area contributed by atoms with Crippen LogP contribution in [0.3, 0.4) is 0 Å². The zero-order chi connectivity index (χ0) is 17.5. The summed E-state index contributed by atoms with van der Waals surface area (Å²) >= 11 is 12.1. The van der Waals surface area contributed by atoms with Gasteiger partial charge in [-0.25, -0.2) is 8.42 Å². The second-order valence-electron chi connectivity index (χ2n) is 5.55. The summed E-state index contributed by atoms with van der Waals surface area (Å²) in [6, 6.07) is 7.89. The minimum atomic E-state index is -3.93. The number of halogens is 2. The van der Waals surface area contributed by atoms with Crippen molar-refractivity contribution in [2.45, 2.75) is 24.7 Å². The number of fused-ring (bicyclic) bond motifs is 1. The molecule has 0 fully saturated rings. The van der Waals surface area contributed by atoms with Crippen LogP contribution in [0.2, 0.25) is 10.0 Å². The highest BCUT2D eigenvalue weighted by Gasteiger charge is 2.24. The van der Waals surface area contributed by atoms with Crippen LogP contribution in [0.1, 0.15) is 17.5 Å². The quantitative estimate of drug-likeness (QED) is 0.839. The lowest BCUT2D eigenvalue weighted by Crippen LogP contribution is -2.20. The predicted octanol–water partition coefficient (Wildman–Crippen LogP) is 3.99. The van der Waals surface area contributed by atoms with Gasteiger partial charge in [0.15, 0.2) is 0 Å². The Morgan fingerprint density at radius 2 is 1.88 bits per heavy atom. The maximum atomic E-state index is 12.7. The van der Waals surface area contributed by atoms with E-state index in [4.69, 9.17) is 23.2 Å². The first-order chi connectivity index (χ1) is 11.3. The molecular formula is C16H14Cl2N2O3S. The highest BCUT2D eigenvalue weighted by molar-refractivity contribution is 7.92. The third kappa shape index (κ3) is 3.36. The number of benzene rings is 2. The lowest BCUT2D eigenvalue weighted by Gasteiger charge is -2.19. The number of hydrogen-bond acceptors (Lipinski definition) is 3. The third-order valence-corrected chi connectivity index (χ3v) is 5.85. The second-order valence-corrected chi connectivity index (χ2v) is 8.05. The molecule has 2 aromatic rings. The number of rotatable bonds is 3. The summed E-state index contributed by atoms with van der Waals surface area (Å²) < 4.78 is 27.9. The van der Waals surface area contributed by atoms with E-state index in [0.29, 0.717) is 29.2 Å². The van der Waals surface area contributed by atoms with Crippen molar-refractivity contribution in [2.75, 3.05) is 10.0 Å². The molecule has 0 aliphatic carbocycles. The summed E-state index contributed by atoms with van der Waals surface area (Å²) in [5, 5.41) is 3.20. The molecule has 0 atom stereocenters. The fraction of sp³-hybridized carbons (Fsp3) is 0.188. The molecule has 8 heteroatoms. The van der Waals surface area contributed by atoms with Gasteiger partial charge >= 0.3 is 0 Å². The van der Waals surface area contributed by atoms with Gasteiger partial charge in [-0.15, -0.1) is 0 Å². The van der Waals surface area contributed by atoms with Gasteiger partial charge in [-0.3, -0.25) is 9.52 Å². The van der Waals surface area contributed by atoms with Crippen LogP contribution in [0.15, 0.2) is 35.2 Å². The Bertz CT molecular complexity index is 943. The monoisotopic (exact) mass is 384 g/mol. The Kier molecular flexibility index (Phi) is 4.46. The lowest BCUT2D eigenvalue weighted by molar-refractivity contribution is -0.116. The largest absolute Gasteiger partial charge is 0.326 e. The van der Waals surface area contributed by atoms with E-state index < -0.39 is 10.0 Å². The molecule has 0 unspecified atom stereocenters. The van der Waals surface area contributed by atoms with Crippen LogP contribution in [-0.2, 0) is 21.2 Å². The average molecular weight is 385 g/mol. The molecule has 1 aliphatic heterocycles. The Morgan fingerprint density at radius 3 is 2.62 bits per heavy atom. The maximum absolute atomic E-state index is 12.7. The molecule has 0 aromatic heterocycles. The fourth-order valence-corrected chi connectivity index (χ4v) is 4.36. The maximum Gasteiger partial charge on any atom is 0.263 e. The molecule has 2 aromatic carbocycles. The summed E-state index contributed by atoms with van der Waals surface area (Å²) in [6.07, 6.45) is 0.886. The van der Waals surface area contributed by atoms with Gasteiger partial charge in [-0.2, -0.15) is 0 Å². The summed E-state index contributed by atoms with van der Waals surface area (Å²) in [5.74, 6) is -0.146. The number of nitrogens with one attached hydrogen (secondary N) is 2. The number of hydrogen-bond donors (Lipinski definition) is 2. The molecule has 126 valence electrons. The van der Waals surface area contributed by atoms with Gasteiger partial charge in [0.1, 0.15) is 4.90 Å². The molecule has 0 saturated carbocycles. The molecule has 5 nitrogen and oxygen atoms in total. The first-order valence-corrected chi connectivity index (χ1v) is 9.41. The van der Waals surface area contributed by atoms with E-state index in [2.05, 4.69) is 10.0 Å². The van der Waals surface area contributed by atoms with Crippen molar-refractivity contribution in [2.24, 2.45) is 0 Å². The fourth-order valence-electron chi connectivity index (χ4n) is 2.49. The Hall–Kier alpha value is -1.76. The highest BCUT2D eigenvalue weighted by Crippen LogP contribution is 2.33. The van der Waals surface area contributed by atoms with Crippen LogP contribution in [0.25, 0.3) is 0 Å². The van der Waals surface area contributed by atoms with Crippen molar-refractivity contribution in [3.05, 3.63) is 51.5 Å². The highest BCUT2D eigenvalue weighted by atomic mass is 35.5. The van der Waals surface area contributed by atoms with Crippen molar-refractivity contribution in [3.8, 4) is 0 Å². The SMILES string of the molecule is Cc1ccc(Cl)cc1NS(=O)(=O)c1cc2c(cc1Cl)CCC(=O)N2. The van der Waals surface area contributed by atoms with Crippen LogP contribution < -0.4 is 10.0 Å². The van der Waals surface area contributed by atoms with E-state index in [1.165, 1.54) is 12.1 Å². The molecule has 0 saturated heterocycles. The average Bonchev–Trinajstić information content (AvgIpc) is 2.50. The third-order valence-electron chi connectivity index (χ3n) is 3.79. The second kappa shape index (κ2) is 6.27. The first kappa shape index (κ1) is 17.1. The standard InChI is InChI=1S/C16H14Cl2N2O3S/c1-9-2-4-11(17)7-13(9)20-24(22,23)15-8-14-10(6-12(15)18)3-5-16(21)19-14/h2,4,6-8,20H,3,5H2,1H3,(H,19,21). The van der Waals surface area contributed by atoms with Crippen molar-refractivity contribution >= 4 is 50.5 Å². The van der Waals surface area contributed by atoms with Gasteiger partial charge in [-0.1, -0.05) is 29.3 Å². The van der Waals surface area contributed by atoms with E-state index in [0.717, 1.165) is 11.1 Å². The number of aryl methyl sites for hydroxylation is 2. The van der Waals surface area contributed by atoms with Crippen molar-refractivity contribution in [1.29, 1.82) is 0 Å². The number of carbonyl (C=O) groups excluding carboxylic acids is 1. The molecule has 3 rings (SSSR count). The van der Waals surface area contributed by atoms with Crippen LogP contribution >= 0.6 is 23.2 Å². The van der Waals surface area contributed by atoms with Crippen LogP contribution in [0.5, 0.6) is 0 Å².